The van der Waals surface area contributed by atoms with E-state index in [1.54, 1.807) is 0 Å². The van der Waals surface area contributed by atoms with Crippen LogP contribution in [0.5, 0.6) is 0 Å². The van der Waals surface area contributed by atoms with E-state index in [1.807, 2.05) is 32.6 Å². The van der Waals surface area contributed by atoms with Crippen LogP contribution in [0.25, 0.3) is 0 Å². The number of hydrogen-bond donors (Lipinski definition) is 2. The van der Waals surface area contributed by atoms with Gasteiger partial charge < -0.3 is 15.3 Å². The Morgan fingerprint density at radius 1 is 1.35 bits per heavy atom. The number of carbonyl (C=O) groups excluding carboxylic acids is 1. The van der Waals surface area contributed by atoms with Crippen LogP contribution in [0.2, 0.25) is 0 Å². The topological polar surface area (TPSA) is 69.6 Å². The van der Waals surface area contributed by atoms with Gasteiger partial charge in [-0.3, -0.25) is 4.79 Å². The van der Waals surface area contributed by atoms with Crippen LogP contribution in [0.4, 0.5) is 4.79 Å². The van der Waals surface area contributed by atoms with Gasteiger partial charge in [0.2, 0.25) is 0 Å². The van der Waals surface area contributed by atoms with Crippen molar-refractivity contribution in [2.75, 3.05) is 13.1 Å². The second kappa shape index (κ2) is 6.95. The van der Waals surface area contributed by atoms with Gasteiger partial charge in [0.15, 0.2) is 0 Å². The molecule has 0 saturated heterocycles. The first-order valence-electron chi connectivity index (χ1n) is 7.52. The minimum absolute atomic E-state index is 0.0621. The molecule has 20 heavy (non-hydrogen) atoms. The molecule has 0 aromatic heterocycles. The van der Waals surface area contributed by atoms with E-state index in [9.17, 15) is 14.7 Å². The molecule has 5 heteroatoms. The van der Waals surface area contributed by atoms with Crippen molar-refractivity contribution in [3.05, 3.63) is 0 Å². The summed E-state index contributed by atoms with van der Waals surface area (Å²) in [6.45, 7) is 9.03. The van der Waals surface area contributed by atoms with E-state index in [-0.39, 0.29) is 18.0 Å². The molecule has 0 heterocycles. The van der Waals surface area contributed by atoms with Crippen molar-refractivity contribution in [3.8, 4) is 0 Å². The van der Waals surface area contributed by atoms with Crippen LogP contribution in [0.1, 0.15) is 53.4 Å². The third-order valence-electron chi connectivity index (χ3n) is 3.42. The van der Waals surface area contributed by atoms with E-state index in [4.69, 9.17) is 0 Å². The highest BCUT2D eigenvalue weighted by Gasteiger charge is 2.32. The minimum Gasteiger partial charge on any atom is -0.481 e. The Kier molecular flexibility index (Phi) is 5.84. The molecule has 1 aliphatic rings. The molecule has 0 radical (unpaired) electrons. The first-order valence-corrected chi connectivity index (χ1v) is 7.52. The highest BCUT2D eigenvalue weighted by atomic mass is 16.4. The van der Waals surface area contributed by atoms with Crippen molar-refractivity contribution in [1.29, 1.82) is 0 Å². The maximum Gasteiger partial charge on any atom is 0.317 e. The molecule has 2 amide bonds. The summed E-state index contributed by atoms with van der Waals surface area (Å²) in [6.07, 6.45) is 3.61. The maximum atomic E-state index is 12.1. The first-order chi connectivity index (χ1) is 9.24. The Morgan fingerprint density at radius 2 is 1.95 bits per heavy atom. The zero-order valence-electron chi connectivity index (χ0n) is 13.1. The summed E-state index contributed by atoms with van der Waals surface area (Å²) in [4.78, 5) is 25.2. The number of nitrogens with zero attached hydrogens (tertiary/aromatic N) is 1. The average molecular weight is 284 g/mol. The van der Waals surface area contributed by atoms with Gasteiger partial charge in [-0.2, -0.15) is 0 Å². The largest absolute Gasteiger partial charge is 0.481 e. The predicted molar refractivity (Wildman–Crippen MR) is 78.6 cm³/mol. The van der Waals surface area contributed by atoms with E-state index in [1.165, 1.54) is 0 Å². The van der Waals surface area contributed by atoms with Crippen molar-refractivity contribution in [2.24, 2.45) is 11.3 Å². The Labute approximate surface area is 121 Å². The second-order valence-electron chi connectivity index (χ2n) is 6.91. The lowest BCUT2D eigenvalue weighted by Gasteiger charge is -2.26. The summed E-state index contributed by atoms with van der Waals surface area (Å²) in [5.41, 5.74) is -0.0621. The quantitative estimate of drug-likeness (QED) is 0.755. The van der Waals surface area contributed by atoms with Gasteiger partial charge in [-0.05, 0) is 31.1 Å². The summed E-state index contributed by atoms with van der Waals surface area (Å²) < 4.78 is 0. The molecule has 0 aromatic carbocycles. The van der Waals surface area contributed by atoms with E-state index >= 15 is 0 Å². The fourth-order valence-electron chi connectivity index (χ4n) is 2.38. The third kappa shape index (κ3) is 5.80. The molecule has 0 aromatic rings. The number of carboxylic acids is 1. The summed E-state index contributed by atoms with van der Waals surface area (Å²) >= 11 is 0. The van der Waals surface area contributed by atoms with Gasteiger partial charge >= 0.3 is 12.0 Å². The number of rotatable bonds is 7. The molecule has 2 N–H and O–H groups in total. The van der Waals surface area contributed by atoms with Crippen LogP contribution in [-0.4, -0.2) is 41.1 Å². The van der Waals surface area contributed by atoms with Gasteiger partial charge in [0.25, 0.3) is 0 Å². The summed E-state index contributed by atoms with van der Waals surface area (Å²) in [6, 6.07) is 0.246. The normalized spacial score (nSPS) is 16.6. The van der Waals surface area contributed by atoms with Gasteiger partial charge in [-0.25, -0.2) is 4.79 Å². The molecule has 1 atom stereocenters. The van der Waals surface area contributed by atoms with E-state index in [0.717, 1.165) is 25.8 Å². The third-order valence-corrected chi connectivity index (χ3v) is 3.42. The fraction of sp³-hybridized carbons (Fsp3) is 0.867. The second-order valence-corrected chi connectivity index (χ2v) is 6.91. The minimum atomic E-state index is -0.839. The Bertz CT molecular complexity index is 346. The first kappa shape index (κ1) is 16.8. The molecular weight excluding hydrogens is 256 g/mol. The van der Waals surface area contributed by atoms with E-state index in [2.05, 4.69) is 5.32 Å². The predicted octanol–water partition coefficient (Wildman–Crippen LogP) is 2.71. The van der Waals surface area contributed by atoms with Crippen LogP contribution in [0, 0.1) is 11.3 Å². The van der Waals surface area contributed by atoms with Crippen molar-refractivity contribution < 1.29 is 14.7 Å². The number of amides is 2. The number of urea groups is 1. The summed E-state index contributed by atoms with van der Waals surface area (Å²) in [7, 11) is 0. The van der Waals surface area contributed by atoms with Crippen molar-refractivity contribution >= 4 is 12.0 Å². The summed E-state index contributed by atoms with van der Waals surface area (Å²) in [5.74, 6) is -1.37. The molecule has 5 nitrogen and oxygen atoms in total. The fourth-order valence-corrected chi connectivity index (χ4v) is 2.38. The summed E-state index contributed by atoms with van der Waals surface area (Å²) in [5, 5.41) is 12.0. The van der Waals surface area contributed by atoms with Crippen molar-refractivity contribution in [3.63, 3.8) is 0 Å². The Balaban J connectivity index is 2.49. The Hall–Kier alpha value is -1.26. The SMILES string of the molecule is CCCN(C(=O)NCC(CC(C)(C)C)C(=O)O)C1CC1. The van der Waals surface area contributed by atoms with Crippen LogP contribution in [-0.2, 0) is 4.79 Å². The molecule has 1 unspecified atom stereocenters. The average Bonchev–Trinajstić information content (AvgIpc) is 3.13. The molecule has 0 aliphatic heterocycles. The lowest BCUT2D eigenvalue weighted by Crippen LogP contribution is -2.44. The molecule has 1 saturated carbocycles. The molecule has 116 valence electrons. The van der Waals surface area contributed by atoms with Crippen LogP contribution in [0.3, 0.4) is 0 Å². The molecule has 0 bridgehead atoms. The molecule has 1 rings (SSSR count). The van der Waals surface area contributed by atoms with Crippen molar-refractivity contribution in [2.45, 2.75) is 59.4 Å². The number of nitrogens with one attached hydrogen (secondary N) is 1. The van der Waals surface area contributed by atoms with Gasteiger partial charge in [0, 0.05) is 19.1 Å². The van der Waals surface area contributed by atoms with Crippen LogP contribution < -0.4 is 5.32 Å². The highest BCUT2D eigenvalue weighted by Crippen LogP contribution is 2.27. The zero-order valence-corrected chi connectivity index (χ0v) is 13.1. The van der Waals surface area contributed by atoms with Gasteiger partial charge in [-0.15, -0.1) is 0 Å². The van der Waals surface area contributed by atoms with Gasteiger partial charge in [0.1, 0.15) is 0 Å². The number of carbonyl (C=O) groups is 2. The van der Waals surface area contributed by atoms with Gasteiger partial charge in [-0.1, -0.05) is 27.7 Å². The molecule has 1 aliphatic carbocycles. The molecular formula is C15H28N2O3. The van der Waals surface area contributed by atoms with Crippen molar-refractivity contribution in [1.82, 2.24) is 10.2 Å². The van der Waals surface area contributed by atoms with E-state index < -0.39 is 11.9 Å². The monoisotopic (exact) mass is 284 g/mol. The highest BCUT2D eigenvalue weighted by molar-refractivity contribution is 5.76. The number of aliphatic carboxylic acids is 1. The van der Waals surface area contributed by atoms with Crippen LogP contribution >= 0.6 is 0 Å². The molecule has 0 spiro atoms. The zero-order chi connectivity index (χ0) is 15.3. The Morgan fingerprint density at radius 3 is 2.35 bits per heavy atom. The number of hydrogen-bond acceptors (Lipinski definition) is 2. The number of carboxylic acid groups (broad SMARTS) is 1. The lowest BCUT2D eigenvalue weighted by atomic mass is 9.84. The lowest BCUT2D eigenvalue weighted by molar-refractivity contribution is -0.142. The van der Waals surface area contributed by atoms with Crippen LogP contribution in [0.15, 0.2) is 0 Å². The maximum absolute atomic E-state index is 12.1. The standard InChI is InChI=1S/C15H28N2O3/c1-5-8-17(12-6-7-12)14(20)16-10-11(13(18)19)9-15(2,3)4/h11-12H,5-10H2,1-4H3,(H,16,20)(H,18,19). The molecule has 1 fully saturated rings. The van der Waals surface area contributed by atoms with E-state index in [0.29, 0.717) is 12.5 Å². The smallest absolute Gasteiger partial charge is 0.317 e. The van der Waals surface area contributed by atoms with Gasteiger partial charge in [0.05, 0.1) is 5.92 Å².